The third kappa shape index (κ3) is 3.74. The average Bonchev–Trinajstić information content (AvgIpc) is 2.82. The molecule has 2 rings (SSSR count). The van der Waals surface area contributed by atoms with Crippen LogP contribution in [0.15, 0.2) is 24.3 Å². The van der Waals surface area contributed by atoms with Crippen molar-refractivity contribution in [1.82, 2.24) is 0 Å². The van der Waals surface area contributed by atoms with Crippen molar-refractivity contribution in [2.24, 2.45) is 0 Å². The Morgan fingerprint density at radius 2 is 2.00 bits per heavy atom. The molecular formula is C15H24NO+. The summed E-state index contributed by atoms with van der Waals surface area (Å²) < 4.78 is 5.84. The maximum atomic E-state index is 5.84. The van der Waals surface area contributed by atoms with Gasteiger partial charge < -0.3 is 9.64 Å². The third-order valence-electron chi connectivity index (χ3n) is 3.56. The molecule has 17 heavy (non-hydrogen) atoms. The minimum Gasteiger partial charge on any atom is -0.488 e. The molecule has 1 N–H and O–H groups in total. The molecule has 0 unspecified atom stereocenters. The first kappa shape index (κ1) is 12.4. The van der Waals surface area contributed by atoms with Crippen LogP contribution in [0, 0.1) is 0 Å². The summed E-state index contributed by atoms with van der Waals surface area (Å²) >= 11 is 0. The maximum absolute atomic E-state index is 5.84. The van der Waals surface area contributed by atoms with E-state index >= 15 is 0 Å². The Hall–Kier alpha value is -1.02. The lowest BCUT2D eigenvalue weighted by Crippen LogP contribution is -3.10. The highest BCUT2D eigenvalue weighted by Crippen LogP contribution is 2.19. The summed E-state index contributed by atoms with van der Waals surface area (Å²) in [7, 11) is 0. The molecular weight excluding hydrogens is 210 g/mol. The van der Waals surface area contributed by atoms with E-state index in [1.165, 1.54) is 31.5 Å². The Labute approximate surface area is 105 Å². The first-order valence-electron chi connectivity index (χ1n) is 6.82. The second-order valence-corrected chi connectivity index (χ2v) is 5.28. The van der Waals surface area contributed by atoms with Crippen LogP contribution in [-0.2, 0) is 0 Å². The fourth-order valence-electron chi connectivity index (χ4n) is 2.40. The van der Waals surface area contributed by atoms with Gasteiger partial charge in [-0.25, -0.2) is 0 Å². The predicted octanol–water partition coefficient (Wildman–Crippen LogP) is 1.87. The van der Waals surface area contributed by atoms with E-state index in [0.29, 0.717) is 5.92 Å². The lowest BCUT2D eigenvalue weighted by atomic mass is 10.0. The van der Waals surface area contributed by atoms with Crippen molar-refractivity contribution >= 4 is 0 Å². The molecule has 1 heterocycles. The van der Waals surface area contributed by atoms with Crippen molar-refractivity contribution in [3.05, 3.63) is 29.8 Å². The second kappa shape index (κ2) is 6.06. The van der Waals surface area contributed by atoms with Gasteiger partial charge in [0, 0.05) is 12.8 Å². The van der Waals surface area contributed by atoms with Crippen LogP contribution in [0.3, 0.4) is 0 Å². The highest BCUT2D eigenvalue weighted by molar-refractivity contribution is 5.30. The van der Waals surface area contributed by atoms with Gasteiger partial charge in [-0.3, -0.25) is 0 Å². The minimum atomic E-state index is 0.572. The van der Waals surface area contributed by atoms with E-state index in [9.17, 15) is 0 Å². The molecule has 0 amide bonds. The van der Waals surface area contributed by atoms with Crippen LogP contribution in [0.5, 0.6) is 5.75 Å². The molecule has 1 aromatic carbocycles. The molecule has 1 saturated heterocycles. The summed E-state index contributed by atoms with van der Waals surface area (Å²) in [5.74, 6) is 1.59. The monoisotopic (exact) mass is 234 g/mol. The Balaban J connectivity index is 1.79. The highest BCUT2D eigenvalue weighted by Gasteiger charge is 2.14. The number of hydrogen-bond acceptors (Lipinski definition) is 1. The summed E-state index contributed by atoms with van der Waals surface area (Å²) in [4.78, 5) is 1.70. The van der Waals surface area contributed by atoms with E-state index in [1.807, 2.05) is 0 Å². The van der Waals surface area contributed by atoms with E-state index in [1.54, 1.807) is 4.90 Å². The third-order valence-corrected chi connectivity index (χ3v) is 3.56. The molecule has 0 aromatic heterocycles. The largest absolute Gasteiger partial charge is 0.488 e. The lowest BCUT2D eigenvalue weighted by molar-refractivity contribution is -0.887. The Kier molecular flexibility index (Phi) is 4.43. The smallest absolute Gasteiger partial charge is 0.137 e. The van der Waals surface area contributed by atoms with E-state index in [2.05, 4.69) is 38.1 Å². The SMILES string of the molecule is CC(C)c1cccc(OCC[NH+]2CCCC2)c1. The molecule has 1 aliphatic rings. The number of ether oxygens (including phenoxy) is 1. The second-order valence-electron chi connectivity index (χ2n) is 5.28. The molecule has 2 nitrogen and oxygen atoms in total. The quantitative estimate of drug-likeness (QED) is 0.821. The summed E-state index contributed by atoms with van der Waals surface area (Å²) in [5.41, 5.74) is 1.36. The molecule has 0 atom stereocenters. The highest BCUT2D eigenvalue weighted by atomic mass is 16.5. The van der Waals surface area contributed by atoms with Crippen LogP contribution in [-0.4, -0.2) is 26.2 Å². The van der Waals surface area contributed by atoms with Crippen molar-refractivity contribution in [1.29, 1.82) is 0 Å². The van der Waals surface area contributed by atoms with E-state index in [-0.39, 0.29) is 0 Å². The fraction of sp³-hybridized carbons (Fsp3) is 0.600. The molecule has 1 aromatic rings. The number of rotatable bonds is 5. The van der Waals surface area contributed by atoms with Gasteiger partial charge in [-0.2, -0.15) is 0 Å². The van der Waals surface area contributed by atoms with Gasteiger partial charge in [0.05, 0.1) is 13.1 Å². The zero-order valence-electron chi connectivity index (χ0n) is 11.0. The average molecular weight is 234 g/mol. The fourth-order valence-corrected chi connectivity index (χ4v) is 2.40. The van der Waals surface area contributed by atoms with E-state index in [0.717, 1.165) is 18.9 Å². The first-order valence-corrected chi connectivity index (χ1v) is 6.82. The van der Waals surface area contributed by atoms with Crippen LogP contribution < -0.4 is 9.64 Å². The van der Waals surface area contributed by atoms with Crippen molar-refractivity contribution in [2.75, 3.05) is 26.2 Å². The van der Waals surface area contributed by atoms with Gasteiger partial charge in [-0.05, 0) is 23.6 Å². The number of quaternary nitrogens is 1. The molecule has 1 aliphatic heterocycles. The molecule has 1 fully saturated rings. The van der Waals surface area contributed by atoms with Gasteiger partial charge in [0.15, 0.2) is 0 Å². The molecule has 0 radical (unpaired) electrons. The number of likely N-dealkylation sites (tertiary alicyclic amines) is 1. The Morgan fingerprint density at radius 3 is 2.71 bits per heavy atom. The number of benzene rings is 1. The van der Waals surface area contributed by atoms with Gasteiger partial charge in [0.25, 0.3) is 0 Å². The number of nitrogens with one attached hydrogen (secondary N) is 1. The van der Waals surface area contributed by atoms with Crippen LogP contribution in [0.1, 0.15) is 38.2 Å². The molecule has 2 heteroatoms. The molecule has 0 aliphatic carbocycles. The maximum Gasteiger partial charge on any atom is 0.137 e. The first-order chi connectivity index (χ1) is 8.25. The van der Waals surface area contributed by atoms with E-state index in [4.69, 9.17) is 4.74 Å². The summed E-state index contributed by atoms with van der Waals surface area (Å²) in [6, 6.07) is 8.49. The predicted molar refractivity (Wildman–Crippen MR) is 70.8 cm³/mol. The van der Waals surface area contributed by atoms with Crippen molar-refractivity contribution in [3.63, 3.8) is 0 Å². The normalized spacial score (nSPS) is 16.6. The van der Waals surface area contributed by atoms with Crippen LogP contribution in [0.4, 0.5) is 0 Å². The standard InChI is InChI=1S/C15H23NO/c1-13(2)14-6-5-7-15(12-14)17-11-10-16-8-3-4-9-16/h5-7,12-13H,3-4,8-11H2,1-2H3/p+1. The summed E-state index contributed by atoms with van der Waals surface area (Å²) in [6.45, 7) is 9.08. The van der Waals surface area contributed by atoms with Gasteiger partial charge >= 0.3 is 0 Å². The van der Waals surface area contributed by atoms with E-state index < -0.39 is 0 Å². The summed E-state index contributed by atoms with van der Waals surface area (Å²) in [6.07, 6.45) is 2.77. The number of hydrogen-bond donors (Lipinski definition) is 1. The van der Waals surface area contributed by atoms with Crippen molar-refractivity contribution < 1.29 is 9.64 Å². The van der Waals surface area contributed by atoms with Crippen LogP contribution in [0.25, 0.3) is 0 Å². The van der Waals surface area contributed by atoms with Gasteiger partial charge in [0.2, 0.25) is 0 Å². The molecule has 0 spiro atoms. The van der Waals surface area contributed by atoms with Gasteiger partial charge in [-0.15, -0.1) is 0 Å². The Bertz CT molecular complexity index is 343. The van der Waals surface area contributed by atoms with Crippen LogP contribution in [0.2, 0.25) is 0 Å². The molecule has 0 saturated carbocycles. The summed E-state index contributed by atoms with van der Waals surface area (Å²) in [5, 5.41) is 0. The minimum absolute atomic E-state index is 0.572. The van der Waals surface area contributed by atoms with Gasteiger partial charge in [-0.1, -0.05) is 26.0 Å². The molecule has 94 valence electrons. The lowest BCUT2D eigenvalue weighted by Gasteiger charge is -2.13. The zero-order valence-corrected chi connectivity index (χ0v) is 11.0. The van der Waals surface area contributed by atoms with Crippen molar-refractivity contribution in [3.8, 4) is 5.75 Å². The topological polar surface area (TPSA) is 13.7 Å². The van der Waals surface area contributed by atoms with Gasteiger partial charge in [0.1, 0.15) is 18.9 Å². The zero-order chi connectivity index (χ0) is 12.1. The molecule has 0 bridgehead atoms. The Morgan fingerprint density at radius 1 is 1.24 bits per heavy atom. The van der Waals surface area contributed by atoms with Crippen molar-refractivity contribution in [2.45, 2.75) is 32.6 Å². The van der Waals surface area contributed by atoms with Crippen LogP contribution >= 0.6 is 0 Å².